The third-order valence-corrected chi connectivity index (χ3v) is 5.34. The van der Waals surface area contributed by atoms with Crippen LogP contribution in [0.1, 0.15) is 91.4 Å². The molecule has 0 aromatic carbocycles. The summed E-state index contributed by atoms with van der Waals surface area (Å²) in [5, 5.41) is 13.7. The first-order chi connectivity index (χ1) is 13.5. The normalized spacial score (nSPS) is 13.9. The van der Waals surface area contributed by atoms with Crippen molar-refractivity contribution in [2.45, 2.75) is 97.4 Å². The summed E-state index contributed by atoms with van der Waals surface area (Å²) in [7, 11) is 0. The predicted molar refractivity (Wildman–Crippen MR) is 119 cm³/mol. The molecule has 1 aromatic rings. The lowest BCUT2D eigenvalue weighted by Crippen LogP contribution is -2.09. The first-order valence-corrected chi connectivity index (χ1v) is 11.3. The molecular formula is C24H41N2O2-. The van der Waals surface area contributed by atoms with E-state index in [0.29, 0.717) is 5.92 Å². The number of aromatic nitrogens is 1. The minimum Gasteiger partial charge on any atom is -0.478 e. The molecule has 0 radical (unpaired) electrons. The maximum atomic E-state index is 10.9. The highest BCUT2D eigenvalue weighted by molar-refractivity contribution is 5.80. The van der Waals surface area contributed by atoms with Gasteiger partial charge in [0.25, 0.3) is 0 Å². The maximum absolute atomic E-state index is 10.9. The smallest absolute Gasteiger partial charge is 0.327 e. The van der Waals surface area contributed by atoms with Gasteiger partial charge in [-0.15, -0.1) is 0 Å². The zero-order valence-corrected chi connectivity index (χ0v) is 18.2. The Bertz CT molecular complexity index is 523. The summed E-state index contributed by atoms with van der Waals surface area (Å²) in [6, 6.07) is 3.76. The number of H-pyrrole nitrogens is 1. The molecule has 0 fully saturated rings. The quantitative estimate of drug-likeness (QED) is 0.212. The third-order valence-electron chi connectivity index (χ3n) is 5.34. The lowest BCUT2D eigenvalue weighted by Gasteiger charge is -2.25. The van der Waals surface area contributed by atoms with Crippen LogP contribution in [0.25, 0.3) is 5.32 Å². The zero-order chi connectivity index (χ0) is 20.6. The lowest BCUT2D eigenvalue weighted by molar-refractivity contribution is -0.131. The number of aliphatic carboxylic acids is 1. The molecule has 28 heavy (non-hydrogen) atoms. The number of nitrogens with zero attached hydrogens (tertiary/aromatic N) is 1. The second kappa shape index (κ2) is 15.2. The van der Waals surface area contributed by atoms with Crippen LogP contribution in [0.3, 0.4) is 0 Å². The van der Waals surface area contributed by atoms with Gasteiger partial charge in [-0.05, 0) is 30.7 Å². The standard InChI is InChI=1S/C24H41N2O2/c1-4-5-6-7-8-9-11-21(14-13-20(2)3)15-16-22(17-18-24(27)28)26-23-12-10-19-25-23/h10,12,17-22,25H,4-9,11,13-16H2,1-3H3,(H,27,28)/q-1/b18-17+/t21-,22-/m1/s1. The van der Waals surface area contributed by atoms with Gasteiger partial charge in [-0.3, -0.25) is 0 Å². The molecule has 0 saturated carbocycles. The number of hydrogen-bond acceptors (Lipinski definition) is 1. The van der Waals surface area contributed by atoms with E-state index in [2.05, 4.69) is 31.1 Å². The fourth-order valence-corrected chi connectivity index (χ4v) is 3.60. The number of rotatable bonds is 17. The van der Waals surface area contributed by atoms with Crippen molar-refractivity contribution in [2.75, 3.05) is 0 Å². The van der Waals surface area contributed by atoms with Gasteiger partial charge < -0.3 is 15.4 Å². The molecule has 0 aliphatic rings. The zero-order valence-electron chi connectivity index (χ0n) is 18.2. The number of unbranched alkanes of at least 4 members (excludes halogenated alkanes) is 5. The van der Waals surface area contributed by atoms with Gasteiger partial charge in [0.1, 0.15) is 0 Å². The number of carbonyl (C=O) groups is 1. The van der Waals surface area contributed by atoms with Gasteiger partial charge in [0.15, 0.2) is 0 Å². The number of carboxylic acids is 1. The number of aromatic amines is 1. The summed E-state index contributed by atoms with van der Waals surface area (Å²) < 4.78 is 0. The van der Waals surface area contributed by atoms with Crippen molar-refractivity contribution < 1.29 is 9.90 Å². The van der Waals surface area contributed by atoms with Gasteiger partial charge in [0.05, 0.1) is 0 Å². The minimum absolute atomic E-state index is 0.0825. The molecule has 0 aliphatic heterocycles. The molecule has 1 heterocycles. The van der Waals surface area contributed by atoms with Crippen molar-refractivity contribution in [3.8, 4) is 0 Å². The second-order valence-corrected chi connectivity index (χ2v) is 8.42. The van der Waals surface area contributed by atoms with Crippen molar-refractivity contribution in [2.24, 2.45) is 11.8 Å². The number of hydrogen-bond donors (Lipinski definition) is 2. The van der Waals surface area contributed by atoms with Gasteiger partial charge in [-0.1, -0.05) is 109 Å². The molecule has 160 valence electrons. The van der Waals surface area contributed by atoms with Crippen molar-refractivity contribution in [1.29, 1.82) is 0 Å². The highest BCUT2D eigenvalue weighted by Gasteiger charge is 2.12. The lowest BCUT2D eigenvalue weighted by atomic mass is 9.88. The largest absolute Gasteiger partial charge is 0.478 e. The summed E-state index contributed by atoms with van der Waals surface area (Å²) in [6.45, 7) is 6.84. The summed E-state index contributed by atoms with van der Waals surface area (Å²) in [6.07, 6.45) is 18.7. The molecule has 0 saturated heterocycles. The Morgan fingerprint density at radius 1 is 1.07 bits per heavy atom. The summed E-state index contributed by atoms with van der Waals surface area (Å²) in [4.78, 5) is 14.0. The van der Waals surface area contributed by atoms with Crippen molar-refractivity contribution in [1.82, 2.24) is 4.98 Å². The van der Waals surface area contributed by atoms with E-state index >= 15 is 0 Å². The summed E-state index contributed by atoms with van der Waals surface area (Å²) in [5.74, 6) is 1.36. The van der Waals surface area contributed by atoms with E-state index in [1.807, 2.05) is 18.3 Å². The van der Waals surface area contributed by atoms with Crippen molar-refractivity contribution >= 4 is 11.8 Å². The van der Waals surface area contributed by atoms with Gasteiger partial charge in [-0.2, -0.15) is 0 Å². The Labute approximate surface area is 172 Å². The first-order valence-electron chi connectivity index (χ1n) is 11.3. The van der Waals surface area contributed by atoms with Crippen LogP contribution in [0.15, 0.2) is 30.5 Å². The van der Waals surface area contributed by atoms with E-state index in [4.69, 9.17) is 5.11 Å². The molecule has 0 spiro atoms. The van der Waals surface area contributed by atoms with Crippen molar-refractivity contribution in [3.63, 3.8) is 0 Å². The molecule has 1 aromatic heterocycles. The Kier molecular flexibility index (Phi) is 13.2. The predicted octanol–water partition coefficient (Wildman–Crippen LogP) is 7.61. The Balaban J connectivity index is 2.52. The Morgan fingerprint density at radius 2 is 1.79 bits per heavy atom. The molecule has 0 amide bonds. The van der Waals surface area contributed by atoms with E-state index in [0.717, 1.165) is 24.6 Å². The van der Waals surface area contributed by atoms with Crippen LogP contribution in [0.2, 0.25) is 0 Å². The molecular weight excluding hydrogens is 348 g/mol. The van der Waals surface area contributed by atoms with Crippen LogP contribution in [0.5, 0.6) is 0 Å². The van der Waals surface area contributed by atoms with Crippen LogP contribution in [-0.2, 0) is 4.79 Å². The topological polar surface area (TPSA) is 67.2 Å². The van der Waals surface area contributed by atoms with Gasteiger partial charge >= 0.3 is 5.97 Å². The van der Waals surface area contributed by atoms with Gasteiger partial charge in [0.2, 0.25) is 0 Å². The Hall–Kier alpha value is -1.71. The fourth-order valence-electron chi connectivity index (χ4n) is 3.60. The van der Waals surface area contributed by atoms with Crippen LogP contribution in [-0.4, -0.2) is 22.1 Å². The molecule has 1 rings (SSSR count). The molecule has 4 nitrogen and oxygen atoms in total. The average Bonchev–Trinajstić information content (AvgIpc) is 3.16. The summed E-state index contributed by atoms with van der Waals surface area (Å²) in [5.41, 5.74) is 0. The monoisotopic (exact) mass is 389 g/mol. The summed E-state index contributed by atoms with van der Waals surface area (Å²) >= 11 is 0. The second-order valence-electron chi connectivity index (χ2n) is 8.42. The van der Waals surface area contributed by atoms with E-state index in [1.165, 1.54) is 63.9 Å². The van der Waals surface area contributed by atoms with Crippen molar-refractivity contribution in [3.05, 3.63) is 35.8 Å². The molecule has 4 heteroatoms. The first kappa shape index (κ1) is 24.3. The van der Waals surface area contributed by atoms with Crippen LogP contribution in [0.4, 0.5) is 5.82 Å². The maximum Gasteiger partial charge on any atom is 0.327 e. The molecule has 0 aliphatic carbocycles. The van der Waals surface area contributed by atoms with E-state index < -0.39 is 5.97 Å². The highest BCUT2D eigenvalue weighted by atomic mass is 16.4. The molecule has 0 bridgehead atoms. The Morgan fingerprint density at radius 3 is 2.43 bits per heavy atom. The average molecular weight is 390 g/mol. The van der Waals surface area contributed by atoms with E-state index in [-0.39, 0.29) is 6.04 Å². The van der Waals surface area contributed by atoms with Gasteiger partial charge in [0, 0.05) is 6.08 Å². The molecule has 0 unspecified atom stereocenters. The van der Waals surface area contributed by atoms with Gasteiger partial charge in [-0.25, -0.2) is 4.79 Å². The third kappa shape index (κ3) is 12.6. The molecule has 2 atom stereocenters. The van der Waals surface area contributed by atoms with E-state index in [1.54, 1.807) is 6.08 Å². The highest BCUT2D eigenvalue weighted by Crippen LogP contribution is 2.28. The number of nitrogens with one attached hydrogen (secondary N) is 1. The molecule has 2 N–H and O–H groups in total. The minimum atomic E-state index is -0.907. The van der Waals surface area contributed by atoms with Crippen LogP contribution >= 0.6 is 0 Å². The van der Waals surface area contributed by atoms with Crippen LogP contribution < -0.4 is 0 Å². The fraction of sp³-hybridized carbons (Fsp3) is 0.708. The van der Waals surface area contributed by atoms with Crippen LogP contribution in [0, 0.1) is 11.8 Å². The van der Waals surface area contributed by atoms with E-state index in [9.17, 15) is 4.79 Å². The number of carboxylic acid groups (broad SMARTS) is 1. The SMILES string of the molecule is CCCCCCCC[C@H](CCC(C)C)CC[C@H](/C=C/C(=O)O)[N-]c1ccc[nH]1.